The van der Waals surface area contributed by atoms with Gasteiger partial charge in [-0.25, -0.2) is 4.79 Å². The second-order valence-electron chi connectivity index (χ2n) is 6.54. The number of carboxylic acids is 1. The van der Waals surface area contributed by atoms with Crippen LogP contribution in [0.15, 0.2) is 30.3 Å². The van der Waals surface area contributed by atoms with E-state index in [2.05, 4.69) is 10.6 Å². The van der Waals surface area contributed by atoms with Gasteiger partial charge in [0.25, 0.3) is 0 Å². The van der Waals surface area contributed by atoms with Crippen molar-refractivity contribution in [2.45, 2.75) is 50.9 Å². The lowest BCUT2D eigenvalue weighted by Crippen LogP contribution is -2.57. The molecule has 1 aromatic rings. The topological polar surface area (TPSA) is 102 Å². The van der Waals surface area contributed by atoms with Crippen LogP contribution in [0.5, 0.6) is 0 Å². The van der Waals surface area contributed by atoms with E-state index in [0.29, 0.717) is 6.54 Å². The summed E-state index contributed by atoms with van der Waals surface area (Å²) in [4.78, 5) is 24.8. The molecule has 7 nitrogen and oxygen atoms in total. The summed E-state index contributed by atoms with van der Waals surface area (Å²) in [5.41, 5.74) is 0.756. The minimum atomic E-state index is -0.834. The van der Waals surface area contributed by atoms with E-state index >= 15 is 0 Å². The molecule has 1 aromatic carbocycles. The van der Waals surface area contributed by atoms with Crippen molar-refractivity contribution < 1.29 is 19.8 Å². The highest BCUT2D eigenvalue weighted by Gasteiger charge is 2.35. The van der Waals surface area contributed by atoms with Gasteiger partial charge in [-0.15, -0.1) is 0 Å². The van der Waals surface area contributed by atoms with Gasteiger partial charge >= 0.3 is 12.0 Å². The molecule has 4 N–H and O–H groups in total. The van der Waals surface area contributed by atoms with Crippen LogP contribution in [0.25, 0.3) is 0 Å². The van der Waals surface area contributed by atoms with Gasteiger partial charge in [0.05, 0.1) is 18.7 Å². The van der Waals surface area contributed by atoms with Crippen LogP contribution >= 0.6 is 0 Å². The van der Waals surface area contributed by atoms with Crippen LogP contribution in [0.4, 0.5) is 4.79 Å². The summed E-state index contributed by atoms with van der Waals surface area (Å²) in [6.07, 6.45) is 0.709. The molecule has 7 heteroatoms. The Labute approximate surface area is 148 Å². The Bertz CT molecular complexity index is 575. The summed E-state index contributed by atoms with van der Waals surface area (Å²) >= 11 is 0. The minimum Gasteiger partial charge on any atom is -0.480 e. The average Bonchev–Trinajstić information content (AvgIpc) is 2.55. The summed E-state index contributed by atoms with van der Waals surface area (Å²) in [7, 11) is 0. The van der Waals surface area contributed by atoms with Crippen LogP contribution in [0.2, 0.25) is 0 Å². The van der Waals surface area contributed by atoms with Gasteiger partial charge in [-0.05, 0) is 31.9 Å². The lowest BCUT2D eigenvalue weighted by atomic mass is 9.85. The van der Waals surface area contributed by atoms with E-state index in [4.69, 9.17) is 5.11 Å². The molecule has 0 spiro atoms. The molecule has 2 atom stereocenters. The summed E-state index contributed by atoms with van der Waals surface area (Å²) in [6.45, 7) is 4.39. The number of amides is 2. The molecular weight excluding hydrogens is 322 g/mol. The number of nitrogens with zero attached hydrogens (tertiary/aromatic N) is 1. The Morgan fingerprint density at radius 1 is 1.28 bits per heavy atom. The first kappa shape index (κ1) is 19.2. The third-order valence-electron chi connectivity index (χ3n) is 4.68. The molecule has 2 unspecified atom stereocenters. The van der Waals surface area contributed by atoms with E-state index in [9.17, 15) is 14.7 Å². The Morgan fingerprint density at radius 2 is 1.92 bits per heavy atom. The molecule has 1 aliphatic carbocycles. The van der Waals surface area contributed by atoms with Crippen molar-refractivity contribution in [3.63, 3.8) is 0 Å². The van der Waals surface area contributed by atoms with E-state index in [0.717, 1.165) is 18.4 Å². The zero-order valence-electron chi connectivity index (χ0n) is 14.7. The lowest BCUT2D eigenvalue weighted by Gasteiger charge is -2.42. The van der Waals surface area contributed by atoms with Crippen molar-refractivity contribution in [1.29, 1.82) is 0 Å². The molecule has 0 radical (unpaired) electrons. The van der Waals surface area contributed by atoms with Crippen LogP contribution in [0, 0.1) is 0 Å². The highest BCUT2D eigenvalue weighted by Crippen LogP contribution is 2.25. The van der Waals surface area contributed by atoms with Crippen LogP contribution in [0.3, 0.4) is 0 Å². The van der Waals surface area contributed by atoms with Crippen LogP contribution in [0.1, 0.15) is 38.4 Å². The smallest absolute Gasteiger partial charge is 0.317 e. The van der Waals surface area contributed by atoms with E-state index in [-0.39, 0.29) is 24.7 Å². The fourth-order valence-corrected chi connectivity index (χ4v) is 3.13. The second-order valence-corrected chi connectivity index (χ2v) is 6.54. The number of carbonyl (C=O) groups is 2. The lowest BCUT2D eigenvalue weighted by molar-refractivity contribution is -0.139. The van der Waals surface area contributed by atoms with Crippen molar-refractivity contribution in [2.24, 2.45) is 0 Å². The predicted octanol–water partition coefficient (Wildman–Crippen LogP) is 1.35. The van der Waals surface area contributed by atoms with E-state index in [1.807, 2.05) is 42.2 Å². The number of likely N-dealkylation sites (N-methyl/N-ethyl adjacent to an activating group) is 1. The molecule has 138 valence electrons. The summed E-state index contributed by atoms with van der Waals surface area (Å²) in [5.74, 6) is -0.834. The molecule has 0 bridgehead atoms. The molecule has 0 aromatic heterocycles. The number of aliphatic carboxylic acids is 1. The molecule has 0 saturated heterocycles. The molecule has 0 aliphatic heterocycles. The van der Waals surface area contributed by atoms with Crippen molar-refractivity contribution in [3.05, 3.63) is 35.9 Å². The number of hydrogen-bond acceptors (Lipinski definition) is 4. The molecule has 1 saturated carbocycles. The zero-order chi connectivity index (χ0) is 18.4. The largest absolute Gasteiger partial charge is 0.480 e. The minimum absolute atomic E-state index is 0.0282. The number of aliphatic hydroxyl groups excluding tert-OH is 1. The van der Waals surface area contributed by atoms with Gasteiger partial charge in [-0.2, -0.15) is 0 Å². The maximum atomic E-state index is 12.1. The highest BCUT2D eigenvalue weighted by molar-refractivity contribution is 5.74. The maximum absolute atomic E-state index is 12.1. The molecular formula is C18H27N3O4. The number of aliphatic hydroxyl groups is 1. The van der Waals surface area contributed by atoms with E-state index < -0.39 is 18.1 Å². The zero-order valence-corrected chi connectivity index (χ0v) is 14.7. The van der Waals surface area contributed by atoms with Gasteiger partial charge in [-0.1, -0.05) is 37.3 Å². The van der Waals surface area contributed by atoms with Crippen molar-refractivity contribution >= 4 is 12.0 Å². The Morgan fingerprint density at radius 3 is 2.48 bits per heavy atom. The van der Waals surface area contributed by atoms with Crippen LogP contribution in [-0.2, 0) is 4.79 Å². The SMILES string of the molecule is CCN(CC(=O)O)C1CC(NC(=O)NC(C)C(O)c2ccccc2)C1. The normalized spacial score (nSPS) is 21.9. The monoisotopic (exact) mass is 349 g/mol. The van der Waals surface area contributed by atoms with Gasteiger partial charge in [0.1, 0.15) is 0 Å². The first-order chi connectivity index (χ1) is 11.9. The van der Waals surface area contributed by atoms with E-state index in [1.54, 1.807) is 6.92 Å². The Hall–Kier alpha value is -2.12. The number of nitrogens with one attached hydrogen (secondary N) is 2. The molecule has 25 heavy (non-hydrogen) atoms. The molecule has 2 amide bonds. The summed E-state index contributed by atoms with van der Waals surface area (Å²) in [6, 6.07) is 8.69. The number of rotatable bonds is 8. The van der Waals surface area contributed by atoms with Crippen molar-refractivity contribution in [3.8, 4) is 0 Å². The number of urea groups is 1. The molecule has 0 heterocycles. The Kier molecular flexibility index (Phi) is 6.78. The third-order valence-corrected chi connectivity index (χ3v) is 4.68. The molecule has 1 fully saturated rings. The highest BCUT2D eigenvalue weighted by atomic mass is 16.4. The predicted molar refractivity (Wildman–Crippen MR) is 94.2 cm³/mol. The van der Waals surface area contributed by atoms with Crippen molar-refractivity contribution in [2.75, 3.05) is 13.1 Å². The van der Waals surface area contributed by atoms with Crippen molar-refractivity contribution in [1.82, 2.24) is 15.5 Å². The fraction of sp³-hybridized carbons (Fsp3) is 0.556. The maximum Gasteiger partial charge on any atom is 0.317 e. The summed E-state index contributed by atoms with van der Waals surface area (Å²) < 4.78 is 0. The van der Waals surface area contributed by atoms with Gasteiger partial charge in [0, 0.05) is 12.1 Å². The first-order valence-electron chi connectivity index (χ1n) is 8.66. The number of hydrogen-bond donors (Lipinski definition) is 4. The number of carbonyl (C=O) groups excluding carboxylic acids is 1. The Balaban J connectivity index is 1.74. The summed E-state index contributed by atoms with van der Waals surface area (Å²) in [5, 5.41) is 24.8. The van der Waals surface area contributed by atoms with Crippen LogP contribution in [-0.4, -0.2) is 58.3 Å². The van der Waals surface area contributed by atoms with E-state index in [1.165, 1.54) is 0 Å². The molecule has 2 rings (SSSR count). The standard InChI is InChI=1S/C18H27N3O4/c1-3-21(11-16(22)23)15-9-14(10-15)20-18(25)19-12(2)17(24)13-7-5-4-6-8-13/h4-8,12,14-15,17,24H,3,9-11H2,1-2H3,(H,22,23)(H2,19,20,25). The van der Waals surface area contributed by atoms with Gasteiger partial charge in [0.15, 0.2) is 0 Å². The average molecular weight is 349 g/mol. The second kappa shape index (κ2) is 8.82. The number of carboxylic acid groups (broad SMARTS) is 1. The first-order valence-corrected chi connectivity index (χ1v) is 8.66. The molecule has 1 aliphatic rings. The van der Waals surface area contributed by atoms with Gasteiger partial charge < -0.3 is 20.8 Å². The van der Waals surface area contributed by atoms with Crippen LogP contribution < -0.4 is 10.6 Å². The fourth-order valence-electron chi connectivity index (χ4n) is 3.13. The van der Waals surface area contributed by atoms with Gasteiger partial charge in [-0.3, -0.25) is 9.69 Å². The van der Waals surface area contributed by atoms with Gasteiger partial charge in [0.2, 0.25) is 0 Å². The number of benzene rings is 1. The third kappa shape index (κ3) is 5.44. The quantitative estimate of drug-likeness (QED) is 0.567.